The van der Waals surface area contributed by atoms with Gasteiger partial charge in [-0.1, -0.05) is 176 Å². The Morgan fingerprint density at radius 3 is 1.81 bits per heavy atom. The number of benzene rings is 8. The maximum Gasteiger partial charge on any atom is 0.160 e. The third-order valence-electron chi connectivity index (χ3n) is 11.8. The molecule has 8 aromatic carbocycles. The largest absolute Gasteiger partial charge is 0.455 e. The molecule has 0 spiro atoms. The van der Waals surface area contributed by atoms with Crippen molar-refractivity contribution in [3.63, 3.8) is 0 Å². The maximum atomic E-state index is 6.46. The molecule has 0 bridgehead atoms. The molecule has 3 nitrogen and oxygen atoms in total. The predicted octanol–water partition coefficient (Wildman–Crippen LogP) is 14.0. The Labute approximate surface area is 331 Å². The van der Waals surface area contributed by atoms with Crippen molar-refractivity contribution in [2.45, 2.75) is 12.3 Å². The Morgan fingerprint density at radius 2 is 1.02 bits per heavy atom. The van der Waals surface area contributed by atoms with Crippen LogP contribution in [0.15, 0.2) is 205 Å². The minimum absolute atomic E-state index is 0.319. The molecule has 11 rings (SSSR count). The summed E-state index contributed by atoms with van der Waals surface area (Å²) < 4.78 is 6.46. The highest BCUT2D eigenvalue weighted by Crippen LogP contribution is 2.55. The normalized spacial score (nSPS) is 14.5. The van der Waals surface area contributed by atoms with E-state index in [0.29, 0.717) is 5.82 Å². The fourth-order valence-electron chi connectivity index (χ4n) is 8.93. The molecule has 1 aliphatic carbocycles. The summed E-state index contributed by atoms with van der Waals surface area (Å²) >= 11 is 0. The van der Waals surface area contributed by atoms with Crippen LogP contribution in [0.4, 0.5) is 0 Å². The SMILES string of the molecule is CC1(c2ccccc2)c2cc(-c3ccc(-c4cc(-c5cccc6c5oc5ccccc56)nc(-c5ccccc5)n4)cc3)ccc2-c2c(-c3ccccc3)cccc21. The lowest BCUT2D eigenvalue weighted by molar-refractivity contribution is 0.670. The monoisotopic (exact) mass is 728 g/mol. The first-order valence-corrected chi connectivity index (χ1v) is 19.5. The molecule has 268 valence electrons. The molecule has 3 heteroatoms. The Morgan fingerprint density at radius 1 is 0.404 bits per heavy atom. The topological polar surface area (TPSA) is 38.9 Å². The first-order valence-electron chi connectivity index (χ1n) is 19.5. The summed E-state index contributed by atoms with van der Waals surface area (Å²) in [5, 5.41) is 2.17. The minimum Gasteiger partial charge on any atom is -0.455 e. The van der Waals surface area contributed by atoms with Crippen molar-refractivity contribution in [1.82, 2.24) is 9.97 Å². The summed E-state index contributed by atoms with van der Waals surface area (Å²) in [6, 6.07) is 71.1. The van der Waals surface area contributed by atoms with Gasteiger partial charge in [0.05, 0.1) is 11.4 Å². The molecule has 0 fully saturated rings. The molecule has 10 aromatic rings. The van der Waals surface area contributed by atoms with Crippen LogP contribution in [0.2, 0.25) is 0 Å². The van der Waals surface area contributed by atoms with Crippen LogP contribution < -0.4 is 0 Å². The van der Waals surface area contributed by atoms with Crippen molar-refractivity contribution in [3.05, 3.63) is 217 Å². The van der Waals surface area contributed by atoms with Gasteiger partial charge >= 0.3 is 0 Å². The van der Waals surface area contributed by atoms with Gasteiger partial charge in [-0.05, 0) is 81.3 Å². The first-order chi connectivity index (χ1) is 28.1. The molecule has 0 radical (unpaired) electrons. The second kappa shape index (κ2) is 13.1. The molecule has 1 atom stereocenters. The predicted molar refractivity (Wildman–Crippen MR) is 234 cm³/mol. The summed E-state index contributed by atoms with van der Waals surface area (Å²) in [6.07, 6.45) is 0. The smallest absolute Gasteiger partial charge is 0.160 e. The van der Waals surface area contributed by atoms with Crippen LogP contribution in [0.1, 0.15) is 23.6 Å². The highest BCUT2D eigenvalue weighted by Gasteiger charge is 2.42. The van der Waals surface area contributed by atoms with E-state index in [1.54, 1.807) is 0 Å². The molecule has 0 saturated heterocycles. The van der Waals surface area contributed by atoms with E-state index in [-0.39, 0.29) is 5.41 Å². The van der Waals surface area contributed by atoms with Crippen LogP contribution in [0, 0.1) is 0 Å². The third kappa shape index (κ3) is 5.35. The summed E-state index contributed by atoms with van der Waals surface area (Å²) in [7, 11) is 0. The summed E-state index contributed by atoms with van der Waals surface area (Å²) in [6.45, 7) is 2.39. The van der Waals surface area contributed by atoms with Crippen molar-refractivity contribution in [2.24, 2.45) is 0 Å². The number of aromatic nitrogens is 2. The van der Waals surface area contributed by atoms with Crippen molar-refractivity contribution in [3.8, 4) is 67.3 Å². The first kappa shape index (κ1) is 33.0. The van der Waals surface area contributed by atoms with E-state index >= 15 is 0 Å². The number of para-hydroxylation sites is 2. The van der Waals surface area contributed by atoms with E-state index in [0.717, 1.165) is 55.6 Å². The molecule has 0 saturated carbocycles. The van der Waals surface area contributed by atoms with Crippen molar-refractivity contribution >= 4 is 21.9 Å². The lowest BCUT2D eigenvalue weighted by atomic mass is 9.73. The molecule has 1 unspecified atom stereocenters. The summed E-state index contributed by atoms with van der Waals surface area (Å²) in [4.78, 5) is 10.3. The van der Waals surface area contributed by atoms with Crippen molar-refractivity contribution in [1.29, 1.82) is 0 Å². The van der Waals surface area contributed by atoms with Gasteiger partial charge in [0.15, 0.2) is 5.82 Å². The molecule has 2 heterocycles. The van der Waals surface area contributed by atoms with Crippen molar-refractivity contribution < 1.29 is 4.42 Å². The Hall–Kier alpha value is -7.36. The number of furan rings is 1. The second-order valence-corrected chi connectivity index (χ2v) is 15.0. The van der Waals surface area contributed by atoms with Crippen LogP contribution in [0.5, 0.6) is 0 Å². The van der Waals surface area contributed by atoms with Gasteiger partial charge in [-0.25, -0.2) is 9.97 Å². The summed E-state index contributed by atoms with van der Waals surface area (Å²) in [5.41, 5.74) is 17.4. The van der Waals surface area contributed by atoms with Crippen LogP contribution in [-0.2, 0) is 5.41 Å². The Balaban J connectivity index is 1.02. The van der Waals surface area contributed by atoms with E-state index in [9.17, 15) is 0 Å². The Bertz CT molecular complexity index is 3110. The average Bonchev–Trinajstić information content (AvgIpc) is 3.80. The fourth-order valence-corrected chi connectivity index (χ4v) is 8.93. The number of hydrogen-bond donors (Lipinski definition) is 0. The second-order valence-electron chi connectivity index (χ2n) is 15.0. The molecule has 1 aliphatic rings. The standard InChI is InChI=1S/C54H36N2O/c1-54(40-19-9-4-10-20-40)46-25-14-22-41(36-15-5-2-6-16-36)51(46)44-32-31-39(33-47(44)54)35-27-29-37(30-28-35)48-34-49(56-53(55-48)38-17-7-3-8-18-38)45-24-13-23-43-42-21-11-12-26-50(42)57-52(43)45/h2-34H,1H3. The molecular weight excluding hydrogens is 693 g/mol. The number of rotatable bonds is 6. The minimum atomic E-state index is -0.319. The highest BCUT2D eigenvalue weighted by atomic mass is 16.3. The summed E-state index contributed by atoms with van der Waals surface area (Å²) in [5.74, 6) is 0.675. The fraction of sp³-hybridized carbons (Fsp3) is 0.0370. The number of hydrogen-bond acceptors (Lipinski definition) is 3. The Kier molecular flexibility index (Phi) is 7.61. The zero-order valence-electron chi connectivity index (χ0n) is 31.4. The van der Waals surface area contributed by atoms with Gasteiger partial charge in [-0.15, -0.1) is 0 Å². The van der Waals surface area contributed by atoms with Crippen LogP contribution in [-0.4, -0.2) is 9.97 Å². The molecule has 0 N–H and O–H groups in total. The van der Waals surface area contributed by atoms with E-state index in [1.807, 2.05) is 30.3 Å². The molecule has 2 aromatic heterocycles. The van der Waals surface area contributed by atoms with E-state index in [1.165, 1.54) is 44.5 Å². The third-order valence-corrected chi connectivity index (χ3v) is 11.8. The highest BCUT2D eigenvalue weighted by molar-refractivity contribution is 6.09. The van der Waals surface area contributed by atoms with Crippen molar-refractivity contribution in [2.75, 3.05) is 0 Å². The molecular formula is C54H36N2O. The van der Waals surface area contributed by atoms with Gasteiger partial charge in [-0.2, -0.15) is 0 Å². The molecule has 57 heavy (non-hydrogen) atoms. The quantitative estimate of drug-likeness (QED) is 0.171. The van der Waals surface area contributed by atoms with Gasteiger partial charge in [0.25, 0.3) is 0 Å². The van der Waals surface area contributed by atoms with Crippen LogP contribution >= 0.6 is 0 Å². The lowest BCUT2D eigenvalue weighted by Crippen LogP contribution is -2.22. The van der Waals surface area contributed by atoms with Gasteiger partial charge < -0.3 is 4.42 Å². The van der Waals surface area contributed by atoms with Crippen LogP contribution in [0.3, 0.4) is 0 Å². The van der Waals surface area contributed by atoms with E-state index < -0.39 is 0 Å². The lowest BCUT2D eigenvalue weighted by Gasteiger charge is -2.29. The zero-order valence-corrected chi connectivity index (χ0v) is 31.4. The van der Waals surface area contributed by atoms with Gasteiger partial charge in [0.2, 0.25) is 0 Å². The molecule has 0 aliphatic heterocycles. The van der Waals surface area contributed by atoms with Gasteiger partial charge in [0, 0.05) is 32.9 Å². The zero-order chi connectivity index (χ0) is 37.9. The number of nitrogens with zero attached hydrogens (tertiary/aromatic N) is 2. The average molecular weight is 729 g/mol. The maximum absolute atomic E-state index is 6.46. The number of fused-ring (bicyclic) bond motifs is 6. The van der Waals surface area contributed by atoms with E-state index in [2.05, 4.69) is 177 Å². The van der Waals surface area contributed by atoms with E-state index in [4.69, 9.17) is 14.4 Å². The van der Waals surface area contributed by atoms with Crippen LogP contribution in [0.25, 0.3) is 89.2 Å². The van der Waals surface area contributed by atoms with Gasteiger partial charge in [-0.3, -0.25) is 0 Å². The van der Waals surface area contributed by atoms with Gasteiger partial charge in [0.1, 0.15) is 11.2 Å². The molecule has 0 amide bonds.